The van der Waals surface area contributed by atoms with E-state index in [0.29, 0.717) is 5.75 Å². The molecular formula is C16H21BrCl2N2OS. The fourth-order valence-electron chi connectivity index (χ4n) is 2.89. The van der Waals surface area contributed by atoms with Gasteiger partial charge in [-0.25, -0.2) is 0 Å². The van der Waals surface area contributed by atoms with Crippen LogP contribution in [0.2, 0.25) is 0 Å². The number of thiophene rings is 1. The third-order valence-electron chi connectivity index (χ3n) is 3.92. The fraction of sp³-hybridized carbons (Fsp3) is 0.375. The second kappa shape index (κ2) is 9.25. The number of nitrogens with zero attached hydrogens (tertiary/aromatic N) is 1. The lowest BCUT2D eigenvalue weighted by Crippen LogP contribution is -2.45. The van der Waals surface area contributed by atoms with Crippen LogP contribution in [0.1, 0.15) is 22.0 Å². The zero-order valence-corrected chi connectivity index (χ0v) is 16.8. The second-order valence-electron chi connectivity index (χ2n) is 5.36. The van der Waals surface area contributed by atoms with Crippen molar-refractivity contribution in [3.8, 4) is 5.75 Å². The van der Waals surface area contributed by atoms with E-state index in [1.54, 1.807) is 11.3 Å². The van der Waals surface area contributed by atoms with Gasteiger partial charge < -0.3 is 10.4 Å². The Labute approximate surface area is 162 Å². The van der Waals surface area contributed by atoms with Crippen LogP contribution in [0.25, 0.3) is 0 Å². The lowest BCUT2D eigenvalue weighted by atomic mass is 9.99. The summed E-state index contributed by atoms with van der Waals surface area (Å²) in [7, 11) is 0. The van der Waals surface area contributed by atoms with Crippen molar-refractivity contribution in [1.29, 1.82) is 0 Å². The monoisotopic (exact) mass is 438 g/mol. The summed E-state index contributed by atoms with van der Waals surface area (Å²) in [6.45, 7) is 5.93. The highest BCUT2D eigenvalue weighted by molar-refractivity contribution is 9.10. The van der Waals surface area contributed by atoms with Gasteiger partial charge in [0.15, 0.2) is 0 Å². The molecule has 0 radical (unpaired) electrons. The number of aromatic hydroxyl groups is 1. The Morgan fingerprint density at radius 3 is 2.57 bits per heavy atom. The molecule has 0 amide bonds. The number of hydrogen-bond acceptors (Lipinski definition) is 4. The summed E-state index contributed by atoms with van der Waals surface area (Å²) >= 11 is 5.32. The van der Waals surface area contributed by atoms with E-state index in [1.807, 2.05) is 13.0 Å². The van der Waals surface area contributed by atoms with Crippen LogP contribution in [0.4, 0.5) is 0 Å². The van der Waals surface area contributed by atoms with E-state index < -0.39 is 0 Å². The first-order valence-electron chi connectivity index (χ1n) is 7.14. The van der Waals surface area contributed by atoms with Crippen molar-refractivity contribution in [3.63, 3.8) is 0 Å². The van der Waals surface area contributed by atoms with E-state index in [4.69, 9.17) is 0 Å². The summed E-state index contributed by atoms with van der Waals surface area (Å²) in [4.78, 5) is 3.73. The lowest BCUT2D eigenvalue weighted by molar-refractivity contribution is 0.198. The largest absolute Gasteiger partial charge is 0.507 e. The molecule has 1 aromatic heterocycles. The molecule has 1 saturated heterocycles. The van der Waals surface area contributed by atoms with Crippen molar-refractivity contribution >= 4 is 52.1 Å². The van der Waals surface area contributed by atoms with Crippen LogP contribution in [-0.4, -0.2) is 36.2 Å². The summed E-state index contributed by atoms with van der Waals surface area (Å²) in [5.41, 5.74) is 1.90. The zero-order chi connectivity index (χ0) is 14.8. The molecule has 0 unspecified atom stereocenters. The number of rotatable bonds is 3. The van der Waals surface area contributed by atoms with Gasteiger partial charge in [-0.1, -0.05) is 22.0 Å². The van der Waals surface area contributed by atoms with Crippen LogP contribution >= 0.6 is 52.1 Å². The number of nitrogens with one attached hydrogen (secondary N) is 1. The summed E-state index contributed by atoms with van der Waals surface area (Å²) in [5.74, 6) is 0.412. The van der Waals surface area contributed by atoms with Gasteiger partial charge in [0, 0.05) is 41.1 Å². The van der Waals surface area contributed by atoms with Crippen LogP contribution in [0.5, 0.6) is 5.75 Å². The lowest BCUT2D eigenvalue weighted by Gasteiger charge is -2.35. The van der Waals surface area contributed by atoms with Crippen molar-refractivity contribution in [3.05, 3.63) is 50.1 Å². The van der Waals surface area contributed by atoms with E-state index >= 15 is 0 Å². The van der Waals surface area contributed by atoms with Gasteiger partial charge in [0.05, 0.1) is 6.04 Å². The minimum absolute atomic E-state index is 0. The van der Waals surface area contributed by atoms with Gasteiger partial charge in [-0.2, -0.15) is 0 Å². The van der Waals surface area contributed by atoms with Gasteiger partial charge in [0.25, 0.3) is 0 Å². The van der Waals surface area contributed by atoms with Gasteiger partial charge in [-0.05, 0) is 36.1 Å². The SMILES string of the molecule is Cc1cc(Br)cc([C@@H](c2cccs2)N2CCNCC2)c1O.Cl.Cl. The number of aryl methyl sites for hydroxylation is 1. The first-order chi connectivity index (χ1) is 10.2. The Morgan fingerprint density at radius 2 is 1.96 bits per heavy atom. The molecule has 0 saturated carbocycles. The highest BCUT2D eigenvalue weighted by atomic mass is 79.9. The van der Waals surface area contributed by atoms with Crippen molar-refractivity contribution in [2.75, 3.05) is 26.2 Å². The van der Waals surface area contributed by atoms with E-state index in [0.717, 1.165) is 41.8 Å². The normalized spacial score (nSPS) is 16.3. The average Bonchev–Trinajstić information content (AvgIpc) is 2.99. The highest BCUT2D eigenvalue weighted by Crippen LogP contribution is 2.39. The summed E-state index contributed by atoms with van der Waals surface area (Å²) in [5, 5.41) is 16.1. The van der Waals surface area contributed by atoms with Gasteiger partial charge in [-0.3, -0.25) is 4.90 Å². The first-order valence-corrected chi connectivity index (χ1v) is 8.81. The Balaban J connectivity index is 0.00000132. The quantitative estimate of drug-likeness (QED) is 0.745. The molecule has 2 aromatic rings. The molecule has 1 aliphatic heterocycles. The highest BCUT2D eigenvalue weighted by Gasteiger charge is 2.27. The molecule has 1 aromatic carbocycles. The molecule has 2 heterocycles. The third kappa shape index (κ3) is 4.62. The minimum atomic E-state index is 0. The first kappa shape index (κ1) is 20.7. The molecule has 0 spiro atoms. The number of halogens is 3. The standard InChI is InChI=1S/C16H19BrN2OS.2ClH/c1-11-9-12(17)10-13(16(11)20)15(14-3-2-8-21-14)19-6-4-18-5-7-19;;/h2-3,8-10,15,18,20H,4-7H2,1H3;2*1H/t15-;;/m0../s1. The van der Waals surface area contributed by atoms with Crippen molar-refractivity contribution in [1.82, 2.24) is 10.2 Å². The molecule has 3 nitrogen and oxygen atoms in total. The van der Waals surface area contributed by atoms with E-state index in [1.165, 1.54) is 4.88 Å². The van der Waals surface area contributed by atoms with Crippen LogP contribution in [-0.2, 0) is 0 Å². The molecule has 1 atom stereocenters. The van der Waals surface area contributed by atoms with E-state index in [2.05, 4.69) is 49.7 Å². The maximum atomic E-state index is 10.6. The summed E-state index contributed by atoms with van der Waals surface area (Å²) in [6.07, 6.45) is 0. The average molecular weight is 440 g/mol. The van der Waals surface area contributed by atoms with E-state index in [9.17, 15) is 5.11 Å². The summed E-state index contributed by atoms with van der Waals surface area (Å²) < 4.78 is 1.02. The zero-order valence-electron chi connectivity index (χ0n) is 12.8. The number of piperazine rings is 1. The van der Waals surface area contributed by atoms with Gasteiger partial charge in [-0.15, -0.1) is 36.2 Å². The molecule has 0 bridgehead atoms. The Kier molecular flexibility index (Phi) is 8.35. The van der Waals surface area contributed by atoms with Crippen LogP contribution in [0.15, 0.2) is 34.1 Å². The number of benzene rings is 1. The second-order valence-corrected chi connectivity index (χ2v) is 7.26. The van der Waals surface area contributed by atoms with Crippen LogP contribution in [0, 0.1) is 6.92 Å². The Morgan fingerprint density at radius 1 is 1.26 bits per heavy atom. The third-order valence-corrected chi connectivity index (χ3v) is 5.30. The topological polar surface area (TPSA) is 35.5 Å². The van der Waals surface area contributed by atoms with Gasteiger partial charge >= 0.3 is 0 Å². The predicted octanol–water partition coefficient (Wildman–Crippen LogP) is 4.36. The van der Waals surface area contributed by atoms with Gasteiger partial charge in [0.2, 0.25) is 0 Å². The molecule has 1 fully saturated rings. The summed E-state index contributed by atoms with van der Waals surface area (Å²) in [6, 6.07) is 8.38. The molecule has 128 valence electrons. The molecular weight excluding hydrogens is 419 g/mol. The minimum Gasteiger partial charge on any atom is -0.507 e. The molecule has 23 heavy (non-hydrogen) atoms. The number of phenolic OH excluding ortho intramolecular Hbond substituents is 1. The van der Waals surface area contributed by atoms with Crippen molar-refractivity contribution < 1.29 is 5.11 Å². The van der Waals surface area contributed by atoms with Crippen molar-refractivity contribution in [2.45, 2.75) is 13.0 Å². The maximum absolute atomic E-state index is 10.6. The van der Waals surface area contributed by atoms with Crippen LogP contribution < -0.4 is 5.32 Å². The molecule has 2 N–H and O–H groups in total. The maximum Gasteiger partial charge on any atom is 0.123 e. The fourth-order valence-corrected chi connectivity index (χ4v) is 4.35. The molecule has 1 aliphatic rings. The Bertz CT molecular complexity index is 619. The number of phenols is 1. The molecule has 0 aliphatic carbocycles. The smallest absolute Gasteiger partial charge is 0.123 e. The van der Waals surface area contributed by atoms with E-state index in [-0.39, 0.29) is 30.9 Å². The predicted molar refractivity (Wildman–Crippen MR) is 106 cm³/mol. The molecule has 7 heteroatoms. The van der Waals surface area contributed by atoms with Gasteiger partial charge in [0.1, 0.15) is 5.75 Å². The molecule has 3 rings (SSSR count). The number of hydrogen-bond donors (Lipinski definition) is 2. The Hall–Kier alpha value is -0.300. The van der Waals surface area contributed by atoms with Crippen LogP contribution in [0.3, 0.4) is 0 Å². The van der Waals surface area contributed by atoms with Crippen molar-refractivity contribution in [2.24, 2.45) is 0 Å².